The summed E-state index contributed by atoms with van der Waals surface area (Å²) in [6.07, 6.45) is 0.682. The van der Waals surface area contributed by atoms with Crippen molar-refractivity contribution in [2.75, 3.05) is 12.1 Å². The number of hydrogen-bond donors (Lipinski definition) is 0. The molecular formula is C8H8N4O. The lowest BCUT2D eigenvalue weighted by Crippen LogP contribution is -2.29. The van der Waals surface area contributed by atoms with Crippen LogP contribution in [0.25, 0.3) is 11.0 Å². The van der Waals surface area contributed by atoms with E-state index >= 15 is 0 Å². The molecule has 5 nitrogen and oxygen atoms in total. The molecule has 1 amide bonds. The van der Waals surface area contributed by atoms with E-state index < -0.39 is 0 Å². The Morgan fingerprint density at radius 1 is 1.46 bits per heavy atom. The normalized spacial score (nSPS) is 10.2. The summed E-state index contributed by atoms with van der Waals surface area (Å²) in [4.78, 5) is 11.9. The van der Waals surface area contributed by atoms with Crippen molar-refractivity contribution < 1.29 is 4.79 Å². The summed E-state index contributed by atoms with van der Waals surface area (Å²) in [6.45, 7) is 0. The first-order valence-electron chi connectivity index (χ1n) is 3.82. The Morgan fingerprint density at radius 3 is 3.00 bits per heavy atom. The van der Waals surface area contributed by atoms with Crippen LogP contribution in [-0.2, 0) is 4.79 Å². The number of hydrogen-bond acceptors (Lipinski definition) is 3. The summed E-state index contributed by atoms with van der Waals surface area (Å²) in [5.41, 5.74) is 1.59. The number of rotatable bonds is 2. The van der Waals surface area contributed by atoms with Crippen molar-refractivity contribution >= 4 is 17.4 Å². The number of benzene rings is 1. The quantitative estimate of drug-likeness (QED) is 0.612. The summed E-state index contributed by atoms with van der Waals surface area (Å²) in [5.74, 6) is 0. The summed E-state index contributed by atoms with van der Waals surface area (Å²) >= 11 is 0. The first kappa shape index (κ1) is 7.72. The van der Waals surface area contributed by atoms with E-state index in [9.17, 15) is 4.79 Å². The minimum atomic E-state index is 0.682. The molecule has 0 unspecified atom stereocenters. The van der Waals surface area contributed by atoms with E-state index in [1.54, 1.807) is 7.05 Å². The third kappa shape index (κ3) is 1.14. The Balaban J connectivity index is 2.64. The molecular weight excluding hydrogens is 168 g/mol. The van der Waals surface area contributed by atoms with Gasteiger partial charge in [0.25, 0.3) is 0 Å². The van der Waals surface area contributed by atoms with Crippen molar-refractivity contribution in [1.82, 2.24) is 15.1 Å². The van der Waals surface area contributed by atoms with Gasteiger partial charge in [-0.25, -0.2) is 5.01 Å². The van der Waals surface area contributed by atoms with E-state index in [1.165, 1.54) is 9.80 Å². The minimum Gasteiger partial charge on any atom is -0.277 e. The largest absolute Gasteiger partial charge is 0.277 e. The van der Waals surface area contributed by atoms with Gasteiger partial charge in [-0.1, -0.05) is 12.1 Å². The molecule has 0 N–H and O–H groups in total. The SMILES string of the molecule is CN(C=O)n1nnc2ccccc21. The van der Waals surface area contributed by atoms with Crippen molar-refractivity contribution in [2.45, 2.75) is 0 Å². The highest BCUT2D eigenvalue weighted by atomic mass is 16.1. The maximum Gasteiger partial charge on any atom is 0.229 e. The van der Waals surface area contributed by atoms with Crippen LogP contribution >= 0.6 is 0 Å². The molecule has 2 aromatic rings. The monoisotopic (exact) mass is 176 g/mol. The topological polar surface area (TPSA) is 51.0 Å². The average molecular weight is 176 g/mol. The Morgan fingerprint density at radius 2 is 2.23 bits per heavy atom. The molecule has 0 aliphatic heterocycles. The van der Waals surface area contributed by atoms with Crippen molar-refractivity contribution in [3.05, 3.63) is 24.3 Å². The molecule has 0 spiro atoms. The van der Waals surface area contributed by atoms with Crippen LogP contribution in [0.4, 0.5) is 0 Å². The standard InChI is InChI=1S/C8H8N4O/c1-11(6-13)12-8-5-3-2-4-7(8)9-10-12/h2-6H,1H3. The second-order valence-electron chi connectivity index (χ2n) is 2.65. The van der Waals surface area contributed by atoms with Crippen LogP contribution < -0.4 is 5.01 Å². The molecule has 13 heavy (non-hydrogen) atoms. The molecule has 0 fully saturated rings. The van der Waals surface area contributed by atoms with Crippen LogP contribution in [0.2, 0.25) is 0 Å². The van der Waals surface area contributed by atoms with Crippen molar-refractivity contribution in [2.24, 2.45) is 0 Å². The van der Waals surface area contributed by atoms with E-state index in [4.69, 9.17) is 0 Å². The second kappa shape index (κ2) is 2.85. The van der Waals surface area contributed by atoms with E-state index in [2.05, 4.69) is 10.3 Å². The number of carbonyl (C=O) groups excluding carboxylic acids is 1. The van der Waals surface area contributed by atoms with Crippen molar-refractivity contribution in [3.63, 3.8) is 0 Å². The molecule has 5 heteroatoms. The zero-order valence-corrected chi connectivity index (χ0v) is 7.08. The second-order valence-corrected chi connectivity index (χ2v) is 2.65. The van der Waals surface area contributed by atoms with Crippen molar-refractivity contribution in [1.29, 1.82) is 0 Å². The van der Waals surface area contributed by atoms with Gasteiger partial charge in [0.2, 0.25) is 6.41 Å². The van der Waals surface area contributed by atoms with Gasteiger partial charge >= 0.3 is 0 Å². The summed E-state index contributed by atoms with van der Waals surface area (Å²) in [5, 5.41) is 9.06. The van der Waals surface area contributed by atoms with E-state index in [0.29, 0.717) is 6.41 Å². The molecule has 66 valence electrons. The maximum absolute atomic E-state index is 10.5. The molecule has 0 aliphatic rings. The van der Waals surface area contributed by atoms with Gasteiger partial charge in [-0.15, -0.1) is 9.89 Å². The average Bonchev–Trinajstić information content (AvgIpc) is 2.60. The van der Waals surface area contributed by atoms with E-state index in [1.807, 2.05) is 24.3 Å². The van der Waals surface area contributed by atoms with Gasteiger partial charge in [0.1, 0.15) is 11.0 Å². The van der Waals surface area contributed by atoms with Crippen LogP contribution in [0.1, 0.15) is 0 Å². The number of fused-ring (bicyclic) bond motifs is 1. The predicted octanol–water partition coefficient (Wildman–Crippen LogP) is 0.155. The molecule has 0 atom stereocenters. The molecule has 1 aromatic carbocycles. The van der Waals surface area contributed by atoms with Gasteiger partial charge in [0, 0.05) is 7.05 Å². The van der Waals surface area contributed by atoms with Gasteiger partial charge in [0.15, 0.2) is 0 Å². The first-order valence-corrected chi connectivity index (χ1v) is 3.82. The van der Waals surface area contributed by atoms with Crippen LogP contribution in [0, 0.1) is 0 Å². The number of para-hydroxylation sites is 1. The van der Waals surface area contributed by atoms with Gasteiger partial charge < -0.3 is 0 Å². The number of aromatic nitrogens is 3. The summed E-state index contributed by atoms with van der Waals surface area (Å²) in [6, 6.07) is 7.45. The predicted molar refractivity (Wildman–Crippen MR) is 47.7 cm³/mol. The molecule has 2 rings (SSSR count). The van der Waals surface area contributed by atoms with Crippen LogP contribution in [0.15, 0.2) is 24.3 Å². The Labute approximate surface area is 74.5 Å². The van der Waals surface area contributed by atoms with E-state index in [-0.39, 0.29) is 0 Å². The number of amides is 1. The van der Waals surface area contributed by atoms with E-state index in [0.717, 1.165) is 11.0 Å². The molecule has 1 heterocycles. The van der Waals surface area contributed by atoms with Gasteiger partial charge in [-0.3, -0.25) is 4.79 Å². The molecule has 0 saturated carbocycles. The zero-order chi connectivity index (χ0) is 9.26. The number of nitrogens with zero attached hydrogens (tertiary/aromatic N) is 4. The fourth-order valence-electron chi connectivity index (χ4n) is 1.13. The Bertz CT molecular complexity index is 436. The Hall–Kier alpha value is -1.91. The maximum atomic E-state index is 10.5. The highest BCUT2D eigenvalue weighted by Crippen LogP contribution is 2.08. The lowest BCUT2D eigenvalue weighted by molar-refractivity contribution is -0.108. The lowest BCUT2D eigenvalue weighted by atomic mass is 10.3. The number of carbonyl (C=O) groups is 1. The molecule has 1 aromatic heterocycles. The summed E-state index contributed by atoms with van der Waals surface area (Å²) in [7, 11) is 1.62. The van der Waals surface area contributed by atoms with Crippen molar-refractivity contribution in [3.8, 4) is 0 Å². The van der Waals surface area contributed by atoms with Crippen LogP contribution in [0.3, 0.4) is 0 Å². The summed E-state index contributed by atoms with van der Waals surface area (Å²) < 4.78 is 0. The molecule has 0 aliphatic carbocycles. The third-order valence-electron chi connectivity index (χ3n) is 1.79. The van der Waals surface area contributed by atoms with Gasteiger partial charge in [0.05, 0.1) is 0 Å². The highest BCUT2D eigenvalue weighted by Gasteiger charge is 2.05. The first-order chi connectivity index (χ1) is 6.33. The third-order valence-corrected chi connectivity index (χ3v) is 1.79. The van der Waals surface area contributed by atoms with Crippen LogP contribution in [0.5, 0.6) is 0 Å². The molecule has 0 radical (unpaired) electrons. The molecule has 0 saturated heterocycles. The highest BCUT2D eigenvalue weighted by molar-refractivity contribution is 5.76. The Kier molecular flexibility index (Phi) is 1.70. The molecule has 0 bridgehead atoms. The zero-order valence-electron chi connectivity index (χ0n) is 7.08. The fraction of sp³-hybridized carbons (Fsp3) is 0.125. The van der Waals surface area contributed by atoms with Crippen LogP contribution in [-0.4, -0.2) is 28.6 Å². The minimum absolute atomic E-state index is 0.682. The lowest BCUT2D eigenvalue weighted by Gasteiger charge is -2.09. The smallest absolute Gasteiger partial charge is 0.229 e. The van der Waals surface area contributed by atoms with Gasteiger partial charge in [-0.2, -0.15) is 0 Å². The van der Waals surface area contributed by atoms with Gasteiger partial charge in [-0.05, 0) is 17.3 Å². The fourth-order valence-corrected chi connectivity index (χ4v) is 1.13.